The van der Waals surface area contributed by atoms with Crippen LogP contribution in [0.2, 0.25) is 0 Å². The summed E-state index contributed by atoms with van der Waals surface area (Å²) < 4.78 is 5.45. The molecule has 2 atom stereocenters. The number of aryl methyl sites for hydroxylation is 1. The topological polar surface area (TPSA) is 45.7 Å². The van der Waals surface area contributed by atoms with Crippen LogP contribution in [0.5, 0.6) is 5.75 Å². The number of aliphatic imine (C=N–C) groups is 1. The van der Waals surface area contributed by atoms with Crippen LogP contribution in [0, 0.1) is 6.92 Å². The van der Waals surface area contributed by atoms with Crippen molar-refractivity contribution < 1.29 is 4.74 Å². The van der Waals surface area contributed by atoms with Crippen molar-refractivity contribution >= 4 is 41.7 Å². The summed E-state index contributed by atoms with van der Waals surface area (Å²) in [6, 6.07) is 6.33. The molecule has 0 aliphatic heterocycles. The summed E-state index contributed by atoms with van der Waals surface area (Å²) in [5.41, 5.74) is 2.36. The van der Waals surface area contributed by atoms with Gasteiger partial charge in [0.2, 0.25) is 0 Å². The lowest BCUT2D eigenvalue weighted by molar-refractivity contribution is 0.405. The standard InChI is InChI=1S/C16H27N3OS.HI/c1-11-7-8-15(20-5)14(9-11)13(3)19-16(17-4)18-10-12(2)21-6;/h7-9,12-13H,10H2,1-6H3,(H2,17,18,19);1H. The summed E-state index contributed by atoms with van der Waals surface area (Å²) in [4.78, 5) is 4.28. The number of guanidine groups is 1. The van der Waals surface area contributed by atoms with Gasteiger partial charge in [0.05, 0.1) is 13.2 Å². The van der Waals surface area contributed by atoms with Crippen molar-refractivity contribution in [3.05, 3.63) is 29.3 Å². The maximum absolute atomic E-state index is 5.45. The number of benzene rings is 1. The van der Waals surface area contributed by atoms with Crippen molar-refractivity contribution in [2.24, 2.45) is 4.99 Å². The Hall–Kier alpha value is -0.630. The number of rotatable bonds is 6. The molecule has 22 heavy (non-hydrogen) atoms. The molecular formula is C16H28IN3OS. The molecule has 0 aromatic heterocycles. The molecule has 0 radical (unpaired) electrons. The first kappa shape index (κ1) is 21.4. The summed E-state index contributed by atoms with van der Waals surface area (Å²) in [5, 5.41) is 7.31. The zero-order valence-corrected chi connectivity index (χ0v) is 17.4. The Kier molecular flexibility index (Phi) is 10.7. The lowest BCUT2D eigenvalue weighted by atomic mass is 10.0. The van der Waals surface area contributed by atoms with Crippen LogP contribution in [-0.2, 0) is 0 Å². The summed E-state index contributed by atoms with van der Waals surface area (Å²) in [6.45, 7) is 7.28. The van der Waals surface area contributed by atoms with Gasteiger partial charge in [-0.3, -0.25) is 4.99 Å². The van der Waals surface area contributed by atoms with E-state index in [0.29, 0.717) is 5.25 Å². The van der Waals surface area contributed by atoms with Gasteiger partial charge in [0.1, 0.15) is 5.75 Å². The molecule has 1 rings (SSSR count). The molecule has 0 saturated heterocycles. The first-order valence-corrected chi connectivity index (χ1v) is 8.45. The van der Waals surface area contributed by atoms with Gasteiger partial charge in [0, 0.05) is 24.4 Å². The summed E-state index contributed by atoms with van der Waals surface area (Å²) in [7, 11) is 3.49. The largest absolute Gasteiger partial charge is 0.496 e. The van der Waals surface area contributed by atoms with Gasteiger partial charge in [-0.1, -0.05) is 24.6 Å². The Labute approximate surface area is 155 Å². The highest BCUT2D eigenvalue weighted by atomic mass is 127. The van der Waals surface area contributed by atoms with Crippen LogP contribution in [-0.4, -0.2) is 38.2 Å². The van der Waals surface area contributed by atoms with Crippen LogP contribution in [0.4, 0.5) is 0 Å². The van der Waals surface area contributed by atoms with Gasteiger partial charge in [0.15, 0.2) is 5.96 Å². The van der Waals surface area contributed by atoms with Gasteiger partial charge >= 0.3 is 0 Å². The Balaban J connectivity index is 0.00000441. The lowest BCUT2D eigenvalue weighted by Gasteiger charge is -2.21. The molecule has 0 bridgehead atoms. The van der Waals surface area contributed by atoms with Crippen LogP contribution in [0.25, 0.3) is 0 Å². The van der Waals surface area contributed by atoms with Crippen molar-refractivity contribution in [3.63, 3.8) is 0 Å². The predicted molar refractivity (Wildman–Crippen MR) is 109 cm³/mol. The molecule has 2 N–H and O–H groups in total. The molecule has 0 aliphatic rings. The SMILES string of the molecule is CN=C(NCC(C)SC)NC(C)c1cc(C)ccc1OC.I. The fourth-order valence-corrected chi connectivity index (χ4v) is 2.24. The summed E-state index contributed by atoms with van der Waals surface area (Å²) in [6.07, 6.45) is 2.11. The lowest BCUT2D eigenvalue weighted by Crippen LogP contribution is -2.41. The normalized spacial score (nSPS) is 13.8. The number of halogens is 1. The van der Waals surface area contributed by atoms with Crippen LogP contribution in [0.3, 0.4) is 0 Å². The predicted octanol–water partition coefficient (Wildman–Crippen LogP) is 3.60. The second-order valence-electron chi connectivity index (χ2n) is 5.11. The highest BCUT2D eigenvalue weighted by Crippen LogP contribution is 2.25. The zero-order valence-electron chi connectivity index (χ0n) is 14.3. The Bertz CT molecular complexity index is 482. The second-order valence-corrected chi connectivity index (χ2v) is 6.39. The molecule has 0 fully saturated rings. The third-order valence-electron chi connectivity index (χ3n) is 3.39. The van der Waals surface area contributed by atoms with Crippen molar-refractivity contribution in [1.29, 1.82) is 0 Å². The first-order valence-electron chi connectivity index (χ1n) is 7.16. The smallest absolute Gasteiger partial charge is 0.191 e. The molecule has 6 heteroatoms. The maximum atomic E-state index is 5.45. The molecule has 0 heterocycles. The van der Waals surface area contributed by atoms with E-state index in [2.05, 4.69) is 54.8 Å². The molecular weight excluding hydrogens is 409 g/mol. The van der Waals surface area contributed by atoms with Crippen molar-refractivity contribution in [3.8, 4) is 5.75 Å². The molecule has 0 spiro atoms. The van der Waals surface area contributed by atoms with E-state index in [1.807, 2.05) is 17.8 Å². The summed E-state index contributed by atoms with van der Waals surface area (Å²) in [5.74, 6) is 1.71. The van der Waals surface area contributed by atoms with E-state index < -0.39 is 0 Å². The van der Waals surface area contributed by atoms with E-state index in [0.717, 1.165) is 23.8 Å². The van der Waals surface area contributed by atoms with Crippen molar-refractivity contribution in [2.75, 3.05) is 27.0 Å². The van der Waals surface area contributed by atoms with Crippen molar-refractivity contribution in [1.82, 2.24) is 10.6 Å². The third kappa shape index (κ3) is 6.64. The fourth-order valence-electron chi connectivity index (χ4n) is 1.99. The molecule has 126 valence electrons. The third-order valence-corrected chi connectivity index (χ3v) is 4.36. The Morgan fingerprint density at radius 3 is 2.59 bits per heavy atom. The Morgan fingerprint density at radius 1 is 1.36 bits per heavy atom. The van der Waals surface area contributed by atoms with E-state index in [-0.39, 0.29) is 30.0 Å². The number of ether oxygens (including phenoxy) is 1. The van der Waals surface area contributed by atoms with Crippen molar-refractivity contribution in [2.45, 2.75) is 32.1 Å². The number of thioether (sulfide) groups is 1. The number of nitrogens with one attached hydrogen (secondary N) is 2. The minimum atomic E-state index is 0. The van der Waals surface area contributed by atoms with Gasteiger partial charge in [-0.2, -0.15) is 11.8 Å². The van der Waals surface area contributed by atoms with Gasteiger partial charge in [-0.25, -0.2) is 0 Å². The highest BCUT2D eigenvalue weighted by molar-refractivity contribution is 14.0. The van der Waals surface area contributed by atoms with Crippen LogP contribution in [0.15, 0.2) is 23.2 Å². The van der Waals surface area contributed by atoms with Crippen LogP contribution < -0.4 is 15.4 Å². The molecule has 0 amide bonds. The van der Waals surface area contributed by atoms with E-state index in [1.54, 1.807) is 14.2 Å². The second kappa shape index (κ2) is 11.0. The van der Waals surface area contributed by atoms with Gasteiger partial charge in [-0.05, 0) is 26.2 Å². The highest BCUT2D eigenvalue weighted by Gasteiger charge is 2.13. The fraction of sp³-hybridized carbons (Fsp3) is 0.562. The first-order chi connectivity index (χ1) is 10.0. The summed E-state index contributed by atoms with van der Waals surface area (Å²) >= 11 is 1.84. The molecule has 1 aromatic carbocycles. The van der Waals surface area contributed by atoms with E-state index in [1.165, 1.54) is 5.56 Å². The molecule has 1 aromatic rings. The molecule has 0 saturated carbocycles. The average Bonchev–Trinajstić information content (AvgIpc) is 2.50. The maximum Gasteiger partial charge on any atom is 0.191 e. The molecule has 0 aliphatic carbocycles. The van der Waals surface area contributed by atoms with Gasteiger partial charge in [0.25, 0.3) is 0 Å². The number of hydrogen-bond donors (Lipinski definition) is 2. The number of hydrogen-bond acceptors (Lipinski definition) is 3. The zero-order chi connectivity index (χ0) is 15.8. The number of methoxy groups -OCH3 is 1. The quantitative estimate of drug-likeness (QED) is 0.406. The molecule has 2 unspecified atom stereocenters. The van der Waals surface area contributed by atoms with Gasteiger partial charge in [-0.15, -0.1) is 24.0 Å². The average molecular weight is 437 g/mol. The minimum Gasteiger partial charge on any atom is -0.496 e. The van der Waals surface area contributed by atoms with Crippen LogP contribution in [0.1, 0.15) is 31.0 Å². The van der Waals surface area contributed by atoms with E-state index in [9.17, 15) is 0 Å². The van der Waals surface area contributed by atoms with E-state index >= 15 is 0 Å². The monoisotopic (exact) mass is 437 g/mol. The minimum absolute atomic E-state index is 0. The number of nitrogens with zero attached hydrogens (tertiary/aromatic N) is 1. The molecule has 4 nitrogen and oxygen atoms in total. The van der Waals surface area contributed by atoms with Crippen LogP contribution >= 0.6 is 35.7 Å². The Morgan fingerprint density at radius 2 is 2.05 bits per heavy atom. The van der Waals surface area contributed by atoms with E-state index in [4.69, 9.17) is 4.74 Å². The van der Waals surface area contributed by atoms with Gasteiger partial charge < -0.3 is 15.4 Å².